The molecule has 0 bridgehead atoms. The number of nitrogens with two attached hydrogens (primary N) is 1. The van der Waals surface area contributed by atoms with Gasteiger partial charge in [0.2, 0.25) is 0 Å². The van der Waals surface area contributed by atoms with Crippen LogP contribution in [0.1, 0.15) is 10.3 Å². The van der Waals surface area contributed by atoms with Crippen LogP contribution in [-0.2, 0) is 0 Å². The zero-order chi connectivity index (χ0) is 6.24. The molecule has 1 rings (SSSR count). The minimum Gasteiger partial charge on any atom is -1.00 e. The second-order valence-electron chi connectivity index (χ2n) is 1.15. The molecule has 0 aromatic heterocycles. The number of hydrogen-bond donors (Lipinski definition) is 1. The first-order chi connectivity index (χ1) is 4.00. The fraction of sp³-hybridized carbons (Fsp3) is 0.250. The number of benzene rings is 1. The van der Waals surface area contributed by atoms with E-state index in [1.165, 1.54) is 7.05 Å². The van der Waals surface area contributed by atoms with Crippen LogP contribution in [0.15, 0.2) is 36.4 Å². The molecule has 0 spiro atoms. The van der Waals surface area contributed by atoms with Gasteiger partial charge in [-0.1, -0.05) is 43.8 Å². The summed E-state index contributed by atoms with van der Waals surface area (Å²) < 4.78 is 0. The van der Waals surface area contributed by atoms with Crippen LogP contribution in [0.5, 0.6) is 0 Å². The van der Waals surface area contributed by atoms with Crippen molar-refractivity contribution >= 4 is 48.9 Å². The van der Waals surface area contributed by atoms with Crippen molar-refractivity contribution in [2.45, 2.75) is 7.43 Å². The van der Waals surface area contributed by atoms with Crippen LogP contribution < -0.4 is 5.73 Å². The third kappa shape index (κ3) is 11.5. The van der Waals surface area contributed by atoms with Crippen molar-refractivity contribution in [3.8, 4) is 0 Å². The quantitative estimate of drug-likeness (QED) is 0.710. The van der Waals surface area contributed by atoms with Gasteiger partial charge in [-0.15, -0.1) is 0 Å². The fourth-order valence-corrected chi connectivity index (χ4v) is 0.385. The van der Waals surface area contributed by atoms with Gasteiger partial charge in [-0.3, -0.25) is 0 Å². The van der Waals surface area contributed by atoms with Gasteiger partial charge in [0.25, 0.3) is 0 Å². The number of hydrogen-bond acceptors (Lipinski definition) is 1. The Labute approximate surface area is 107 Å². The Balaban J connectivity index is -0.0000000257. The Bertz CT molecular complexity index is 89.0. The largest absolute Gasteiger partial charge is 2.00 e. The van der Waals surface area contributed by atoms with Gasteiger partial charge in [-0.2, -0.15) is 0 Å². The summed E-state index contributed by atoms with van der Waals surface area (Å²) in [4.78, 5) is 0. The van der Waals surface area contributed by atoms with E-state index in [1.54, 1.807) is 0 Å². The second-order valence-corrected chi connectivity index (χ2v) is 1.15. The first kappa shape index (κ1) is 17.0. The van der Waals surface area contributed by atoms with Crippen LogP contribution in [0.4, 0.5) is 0 Å². The van der Waals surface area contributed by atoms with E-state index in [-0.39, 0.29) is 59.2 Å². The Hall–Kier alpha value is 0.751. The van der Waals surface area contributed by atoms with Crippen molar-refractivity contribution in [1.82, 2.24) is 0 Å². The van der Waals surface area contributed by atoms with Gasteiger partial charge in [0.15, 0.2) is 0 Å². The maximum Gasteiger partial charge on any atom is 2.00 e. The van der Waals surface area contributed by atoms with E-state index in [4.69, 9.17) is 0 Å². The third-order valence-corrected chi connectivity index (χ3v) is 0.667. The van der Waals surface area contributed by atoms with Gasteiger partial charge in [-0.25, -0.2) is 0 Å². The molecule has 0 saturated heterocycles. The Kier molecular flexibility index (Phi) is 27.9. The molecule has 2 heteroatoms. The molecule has 1 nitrogen and oxygen atoms in total. The van der Waals surface area contributed by atoms with Gasteiger partial charge in [-0.05, 0) is 7.05 Å². The SMILES string of the molecule is C.CN.[Ba+2].[H-].[H-].c1ccccc1. The average molecular weight is 265 g/mol. The molecule has 0 atom stereocenters. The van der Waals surface area contributed by atoms with E-state index < -0.39 is 0 Å². The average Bonchev–Trinajstić information content (AvgIpc) is 1.96. The molecule has 0 amide bonds. The first-order valence-electron chi connectivity index (χ1n) is 2.58. The second kappa shape index (κ2) is 16.4. The minimum atomic E-state index is 0. The van der Waals surface area contributed by atoms with Crippen molar-refractivity contribution in [2.24, 2.45) is 5.73 Å². The molecule has 1 aromatic carbocycles. The molecule has 2 N–H and O–H groups in total. The molecular weight excluding hydrogens is 247 g/mol. The zero-order valence-corrected chi connectivity index (χ0v) is 10.2. The van der Waals surface area contributed by atoms with E-state index >= 15 is 0 Å². The van der Waals surface area contributed by atoms with E-state index in [0.29, 0.717) is 0 Å². The molecular formula is C8H17BaN. The maximum absolute atomic E-state index is 4.50. The number of rotatable bonds is 0. The summed E-state index contributed by atoms with van der Waals surface area (Å²) in [6, 6.07) is 12.0. The van der Waals surface area contributed by atoms with E-state index in [9.17, 15) is 0 Å². The standard InChI is InChI=1S/C6H6.CH5N.CH4.Ba.2H/c1-2-4-6-5-3-1;1-2;;;;/h1-6H;2H2,1H3;1H4;;;/q;;;+2;2*-1. The Morgan fingerprint density at radius 1 is 0.800 bits per heavy atom. The van der Waals surface area contributed by atoms with Crippen molar-refractivity contribution < 1.29 is 2.85 Å². The van der Waals surface area contributed by atoms with Crippen molar-refractivity contribution in [1.29, 1.82) is 0 Å². The van der Waals surface area contributed by atoms with Crippen molar-refractivity contribution in [3.05, 3.63) is 36.4 Å². The van der Waals surface area contributed by atoms with Crippen LogP contribution in [0.25, 0.3) is 0 Å². The van der Waals surface area contributed by atoms with Gasteiger partial charge in [0, 0.05) is 0 Å². The van der Waals surface area contributed by atoms with E-state index in [2.05, 4.69) is 5.73 Å². The molecule has 1 aromatic rings. The van der Waals surface area contributed by atoms with Crippen LogP contribution in [0.3, 0.4) is 0 Å². The summed E-state index contributed by atoms with van der Waals surface area (Å²) in [6.07, 6.45) is 0. The Morgan fingerprint density at radius 3 is 1.00 bits per heavy atom. The molecule has 10 heavy (non-hydrogen) atoms. The molecule has 56 valence electrons. The fourth-order valence-electron chi connectivity index (χ4n) is 0.385. The molecule has 0 unspecified atom stereocenters. The minimum absolute atomic E-state index is 0. The molecule has 0 heterocycles. The third-order valence-electron chi connectivity index (χ3n) is 0.667. The predicted octanol–water partition coefficient (Wildman–Crippen LogP) is 1.74. The summed E-state index contributed by atoms with van der Waals surface area (Å²) in [5.41, 5.74) is 4.50. The first-order valence-corrected chi connectivity index (χ1v) is 2.58. The van der Waals surface area contributed by atoms with Gasteiger partial charge in [0.1, 0.15) is 0 Å². The maximum atomic E-state index is 4.50. The normalized spacial score (nSPS) is 5.40. The van der Waals surface area contributed by atoms with Crippen LogP contribution in [-0.4, -0.2) is 55.9 Å². The van der Waals surface area contributed by atoms with Crippen molar-refractivity contribution in [2.75, 3.05) is 7.05 Å². The van der Waals surface area contributed by atoms with Crippen LogP contribution in [0, 0.1) is 0 Å². The summed E-state index contributed by atoms with van der Waals surface area (Å²) in [6.45, 7) is 0. The summed E-state index contributed by atoms with van der Waals surface area (Å²) >= 11 is 0. The molecule has 0 fully saturated rings. The molecule has 0 aliphatic rings. The Morgan fingerprint density at radius 2 is 0.900 bits per heavy atom. The summed E-state index contributed by atoms with van der Waals surface area (Å²) in [5.74, 6) is 0. The molecule has 0 saturated carbocycles. The summed E-state index contributed by atoms with van der Waals surface area (Å²) in [7, 11) is 1.50. The summed E-state index contributed by atoms with van der Waals surface area (Å²) in [5, 5.41) is 0. The smallest absolute Gasteiger partial charge is 1.00 e. The van der Waals surface area contributed by atoms with E-state index in [0.717, 1.165) is 0 Å². The monoisotopic (exact) mass is 265 g/mol. The van der Waals surface area contributed by atoms with E-state index in [1.807, 2.05) is 36.4 Å². The predicted molar refractivity (Wildman–Crippen MR) is 51.3 cm³/mol. The van der Waals surface area contributed by atoms with Gasteiger partial charge < -0.3 is 8.59 Å². The molecule has 0 aliphatic heterocycles. The van der Waals surface area contributed by atoms with Gasteiger partial charge in [0.05, 0.1) is 0 Å². The molecule has 0 aliphatic carbocycles. The van der Waals surface area contributed by atoms with Crippen LogP contribution >= 0.6 is 0 Å². The topological polar surface area (TPSA) is 26.0 Å². The zero-order valence-electron chi connectivity index (χ0n) is 7.75. The van der Waals surface area contributed by atoms with Crippen LogP contribution in [0.2, 0.25) is 0 Å². The van der Waals surface area contributed by atoms with Crippen molar-refractivity contribution in [3.63, 3.8) is 0 Å². The molecule has 0 radical (unpaired) electrons. The van der Waals surface area contributed by atoms with Gasteiger partial charge >= 0.3 is 48.9 Å².